The van der Waals surface area contributed by atoms with Gasteiger partial charge in [-0.05, 0) is 59.0 Å². The average molecular weight is 457 g/mol. The summed E-state index contributed by atoms with van der Waals surface area (Å²) in [6.45, 7) is 2.75. The van der Waals surface area contributed by atoms with E-state index < -0.39 is 0 Å². The molecule has 0 bridgehead atoms. The van der Waals surface area contributed by atoms with E-state index in [1.807, 2.05) is 43.3 Å². The third kappa shape index (κ3) is 4.64. The summed E-state index contributed by atoms with van der Waals surface area (Å²) in [6.07, 6.45) is 2.33. The lowest BCUT2D eigenvalue weighted by Crippen LogP contribution is -2.15. The first-order valence-electron chi connectivity index (χ1n) is 9.26. The molecule has 0 radical (unpaired) electrons. The molecule has 1 aliphatic rings. The lowest BCUT2D eigenvalue weighted by Gasteiger charge is -2.11. The van der Waals surface area contributed by atoms with E-state index in [0.29, 0.717) is 5.92 Å². The Morgan fingerprint density at radius 2 is 2.00 bits per heavy atom. The van der Waals surface area contributed by atoms with Gasteiger partial charge in [0.2, 0.25) is 5.91 Å². The number of halogens is 1. The molecular weight excluding hydrogens is 436 g/mol. The van der Waals surface area contributed by atoms with Crippen molar-refractivity contribution in [1.29, 1.82) is 0 Å². The maximum atomic E-state index is 12.4. The quantitative estimate of drug-likeness (QED) is 0.507. The van der Waals surface area contributed by atoms with Gasteiger partial charge in [-0.2, -0.15) is 0 Å². The summed E-state index contributed by atoms with van der Waals surface area (Å²) in [7, 11) is 0. The van der Waals surface area contributed by atoms with Crippen molar-refractivity contribution in [1.82, 2.24) is 14.8 Å². The molecule has 2 aromatic carbocycles. The first-order chi connectivity index (χ1) is 13.6. The molecule has 1 heterocycles. The van der Waals surface area contributed by atoms with Gasteiger partial charge in [0.05, 0.1) is 18.0 Å². The van der Waals surface area contributed by atoms with Gasteiger partial charge >= 0.3 is 0 Å². The highest BCUT2D eigenvalue weighted by Crippen LogP contribution is 2.40. The van der Waals surface area contributed by atoms with Gasteiger partial charge < -0.3 is 9.88 Å². The fourth-order valence-corrected chi connectivity index (χ4v) is 4.34. The smallest absolute Gasteiger partial charge is 0.234 e. The molecule has 0 atom stereocenters. The van der Waals surface area contributed by atoms with Gasteiger partial charge in [-0.3, -0.25) is 4.79 Å². The van der Waals surface area contributed by atoms with Crippen LogP contribution in [0.2, 0.25) is 0 Å². The Bertz CT molecular complexity index is 985. The molecule has 0 unspecified atom stereocenters. The molecule has 7 heteroatoms. The number of hydrogen-bond donors (Lipinski definition) is 1. The zero-order valence-corrected chi connectivity index (χ0v) is 18.0. The zero-order valence-electron chi connectivity index (χ0n) is 15.6. The van der Waals surface area contributed by atoms with Crippen molar-refractivity contribution in [3.63, 3.8) is 0 Å². The monoisotopic (exact) mass is 456 g/mol. The van der Waals surface area contributed by atoms with Gasteiger partial charge in [-0.25, -0.2) is 0 Å². The van der Waals surface area contributed by atoms with Crippen LogP contribution in [0, 0.1) is 6.92 Å². The van der Waals surface area contributed by atoms with Gasteiger partial charge in [0.1, 0.15) is 5.82 Å². The third-order valence-electron chi connectivity index (χ3n) is 4.60. The van der Waals surface area contributed by atoms with E-state index in [0.717, 1.165) is 33.2 Å². The average Bonchev–Trinajstić information content (AvgIpc) is 3.45. The van der Waals surface area contributed by atoms with Gasteiger partial charge in [0.25, 0.3) is 0 Å². The molecule has 28 heavy (non-hydrogen) atoms. The second-order valence-corrected chi connectivity index (χ2v) is 8.80. The SMILES string of the molecule is Cc1ccc(NC(=O)CSc2nnc(C3CC3)n2Cc2ccccc2)c(Br)c1. The molecule has 0 spiro atoms. The Kier molecular flexibility index (Phi) is 5.82. The van der Waals surface area contributed by atoms with Crippen LogP contribution >= 0.6 is 27.7 Å². The number of hydrogen-bond acceptors (Lipinski definition) is 4. The first kappa shape index (κ1) is 19.2. The van der Waals surface area contributed by atoms with Crippen LogP contribution in [0.5, 0.6) is 0 Å². The molecule has 0 saturated heterocycles. The lowest BCUT2D eigenvalue weighted by molar-refractivity contribution is -0.113. The number of nitrogens with zero attached hydrogens (tertiary/aromatic N) is 3. The highest BCUT2D eigenvalue weighted by atomic mass is 79.9. The number of benzene rings is 2. The number of nitrogens with one attached hydrogen (secondary N) is 1. The standard InChI is InChI=1S/C21H21BrN4OS/c1-14-7-10-18(17(22)11-14)23-19(27)13-28-21-25-24-20(16-8-9-16)26(21)12-15-5-3-2-4-6-15/h2-7,10-11,16H,8-9,12-13H2,1H3,(H,23,27). The number of thioether (sulfide) groups is 1. The minimum absolute atomic E-state index is 0.0585. The lowest BCUT2D eigenvalue weighted by atomic mass is 10.2. The number of rotatable bonds is 7. The molecule has 5 nitrogen and oxygen atoms in total. The topological polar surface area (TPSA) is 59.8 Å². The van der Waals surface area contributed by atoms with Crippen LogP contribution in [-0.2, 0) is 11.3 Å². The summed E-state index contributed by atoms with van der Waals surface area (Å²) in [5.74, 6) is 1.77. The summed E-state index contributed by atoms with van der Waals surface area (Å²) in [5, 5.41) is 12.5. The van der Waals surface area contributed by atoms with Crippen molar-refractivity contribution < 1.29 is 4.79 Å². The highest BCUT2D eigenvalue weighted by Gasteiger charge is 2.30. The largest absolute Gasteiger partial charge is 0.324 e. The van der Waals surface area contributed by atoms with Crippen LogP contribution in [0.4, 0.5) is 5.69 Å². The van der Waals surface area contributed by atoms with E-state index in [4.69, 9.17) is 0 Å². The minimum atomic E-state index is -0.0585. The van der Waals surface area contributed by atoms with E-state index in [1.54, 1.807) is 0 Å². The van der Waals surface area contributed by atoms with Crippen LogP contribution in [0.3, 0.4) is 0 Å². The zero-order chi connectivity index (χ0) is 19.5. The van der Waals surface area contributed by atoms with Crippen molar-refractivity contribution in [2.24, 2.45) is 0 Å². The predicted octanol–water partition coefficient (Wildman–Crippen LogP) is 5.01. The van der Waals surface area contributed by atoms with Crippen molar-refractivity contribution in [3.05, 3.63) is 70.0 Å². The van der Waals surface area contributed by atoms with Gasteiger partial charge in [0.15, 0.2) is 5.16 Å². The first-order valence-corrected chi connectivity index (χ1v) is 11.0. The van der Waals surface area contributed by atoms with Crippen LogP contribution in [0.25, 0.3) is 0 Å². The maximum Gasteiger partial charge on any atom is 0.234 e. The number of carbonyl (C=O) groups excluding carboxylic acids is 1. The van der Waals surface area contributed by atoms with Crippen LogP contribution < -0.4 is 5.32 Å². The molecule has 1 fully saturated rings. The molecule has 1 aromatic heterocycles. The molecule has 3 aromatic rings. The van der Waals surface area contributed by atoms with Crippen LogP contribution in [0.15, 0.2) is 58.2 Å². The molecule has 1 amide bonds. The fourth-order valence-electron chi connectivity index (χ4n) is 3.00. The van der Waals surface area contributed by atoms with E-state index in [-0.39, 0.29) is 11.7 Å². The van der Waals surface area contributed by atoms with E-state index >= 15 is 0 Å². The molecule has 1 saturated carbocycles. The van der Waals surface area contributed by atoms with Gasteiger partial charge in [-0.1, -0.05) is 48.2 Å². The van der Waals surface area contributed by atoms with Gasteiger partial charge in [0, 0.05) is 10.4 Å². The third-order valence-corrected chi connectivity index (χ3v) is 6.23. The Morgan fingerprint density at radius 3 is 2.71 bits per heavy atom. The number of carbonyl (C=O) groups is 1. The van der Waals surface area contributed by atoms with Crippen LogP contribution in [0.1, 0.15) is 35.7 Å². The normalized spacial score (nSPS) is 13.5. The fraction of sp³-hybridized carbons (Fsp3) is 0.286. The summed E-state index contributed by atoms with van der Waals surface area (Å²) in [6, 6.07) is 16.2. The Balaban J connectivity index is 1.45. The van der Waals surface area contributed by atoms with Crippen molar-refractivity contribution >= 4 is 39.3 Å². The Morgan fingerprint density at radius 1 is 1.21 bits per heavy atom. The summed E-state index contributed by atoms with van der Waals surface area (Å²) >= 11 is 4.93. The number of aromatic nitrogens is 3. The van der Waals surface area contributed by atoms with Gasteiger partial charge in [-0.15, -0.1) is 10.2 Å². The molecule has 1 N–H and O–H groups in total. The Hall–Kier alpha value is -2.12. The molecule has 4 rings (SSSR count). The van der Waals surface area contributed by atoms with E-state index in [9.17, 15) is 4.79 Å². The predicted molar refractivity (Wildman–Crippen MR) is 116 cm³/mol. The summed E-state index contributed by atoms with van der Waals surface area (Å²) in [4.78, 5) is 12.4. The summed E-state index contributed by atoms with van der Waals surface area (Å²) < 4.78 is 3.04. The molecule has 1 aliphatic carbocycles. The minimum Gasteiger partial charge on any atom is -0.324 e. The highest BCUT2D eigenvalue weighted by molar-refractivity contribution is 9.10. The molecule has 0 aliphatic heterocycles. The maximum absolute atomic E-state index is 12.4. The van der Waals surface area contributed by atoms with E-state index in [1.165, 1.54) is 30.2 Å². The second-order valence-electron chi connectivity index (χ2n) is 7.01. The number of anilines is 1. The molecular formula is C21H21BrN4OS. The number of amides is 1. The summed E-state index contributed by atoms with van der Waals surface area (Å²) in [5.41, 5.74) is 3.13. The Labute approximate surface area is 177 Å². The van der Waals surface area contributed by atoms with Crippen LogP contribution in [-0.4, -0.2) is 26.4 Å². The number of aryl methyl sites for hydroxylation is 1. The van der Waals surface area contributed by atoms with Crippen molar-refractivity contribution in [2.75, 3.05) is 11.1 Å². The van der Waals surface area contributed by atoms with Crippen molar-refractivity contribution in [3.8, 4) is 0 Å². The van der Waals surface area contributed by atoms with Crippen molar-refractivity contribution in [2.45, 2.75) is 37.4 Å². The second kappa shape index (κ2) is 8.49. The van der Waals surface area contributed by atoms with E-state index in [2.05, 4.69) is 48.1 Å². The molecule has 144 valence electrons.